The van der Waals surface area contributed by atoms with Gasteiger partial charge < -0.3 is 0 Å². The smallest absolute Gasteiger partial charge is 0.265 e. The standard InChI is InChI=1S/C10H9ClF2O/c1-5-3-4-7(11)9(10(12)13)8(5)6(2)14/h3-4,10H,1-2H3. The Kier molecular flexibility index (Phi) is 3.21. The number of ketones is 1. The average molecular weight is 219 g/mol. The lowest BCUT2D eigenvalue weighted by Crippen LogP contribution is -2.04. The molecule has 4 heteroatoms. The molecule has 0 spiro atoms. The van der Waals surface area contributed by atoms with E-state index in [9.17, 15) is 13.6 Å². The second-order valence-corrected chi connectivity index (χ2v) is 3.42. The number of Topliss-reactive ketones (excluding diaryl/α,β-unsaturated/α-hetero) is 1. The van der Waals surface area contributed by atoms with Crippen LogP contribution in [0.2, 0.25) is 5.02 Å². The number of alkyl halides is 2. The normalized spacial score (nSPS) is 10.7. The number of carbonyl (C=O) groups is 1. The minimum absolute atomic E-state index is 0.0347. The number of carbonyl (C=O) groups excluding carboxylic acids is 1. The summed E-state index contributed by atoms with van der Waals surface area (Å²) in [5.74, 6) is -0.389. The predicted molar refractivity (Wildman–Crippen MR) is 51.2 cm³/mol. The highest BCUT2D eigenvalue weighted by molar-refractivity contribution is 6.32. The first-order chi connectivity index (χ1) is 6.45. The summed E-state index contributed by atoms with van der Waals surface area (Å²) in [4.78, 5) is 11.2. The third-order valence-electron chi connectivity index (χ3n) is 1.97. The van der Waals surface area contributed by atoms with Gasteiger partial charge in [-0.15, -0.1) is 0 Å². The van der Waals surface area contributed by atoms with E-state index in [1.165, 1.54) is 13.0 Å². The van der Waals surface area contributed by atoms with Gasteiger partial charge in [0.15, 0.2) is 5.78 Å². The molecule has 0 N–H and O–H groups in total. The number of benzene rings is 1. The zero-order valence-corrected chi connectivity index (χ0v) is 8.53. The molecule has 0 saturated carbocycles. The van der Waals surface area contributed by atoms with Crippen molar-refractivity contribution in [3.05, 3.63) is 33.8 Å². The monoisotopic (exact) mass is 218 g/mol. The Morgan fingerprint density at radius 1 is 1.43 bits per heavy atom. The molecule has 76 valence electrons. The second kappa shape index (κ2) is 4.05. The van der Waals surface area contributed by atoms with Gasteiger partial charge in [-0.3, -0.25) is 4.79 Å². The van der Waals surface area contributed by atoms with Crippen LogP contribution < -0.4 is 0 Å². The van der Waals surface area contributed by atoms with Crippen LogP contribution in [0.4, 0.5) is 8.78 Å². The molecule has 0 heterocycles. The molecule has 0 aliphatic carbocycles. The minimum atomic E-state index is -2.72. The Balaban J connectivity index is 3.50. The molecule has 0 unspecified atom stereocenters. The van der Waals surface area contributed by atoms with E-state index in [0.29, 0.717) is 5.56 Å². The summed E-state index contributed by atoms with van der Waals surface area (Å²) in [5, 5.41) is -0.0594. The van der Waals surface area contributed by atoms with Crippen molar-refractivity contribution in [2.24, 2.45) is 0 Å². The first-order valence-corrected chi connectivity index (χ1v) is 4.41. The summed E-state index contributed by atoms with van der Waals surface area (Å²) in [6.07, 6.45) is -2.72. The summed E-state index contributed by atoms with van der Waals surface area (Å²) in [6.45, 7) is 2.86. The van der Waals surface area contributed by atoms with E-state index in [0.717, 1.165) is 0 Å². The lowest BCUT2D eigenvalue weighted by Gasteiger charge is -2.10. The van der Waals surface area contributed by atoms with E-state index < -0.39 is 6.43 Å². The molecule has 0 aliphatic heterocycles. The Labute approximate surface area is 85.7 Å². The van der Waals surface area contributed by atoms with Crippen LogP contribution in [0.25, 0.3) is 0 Å². The second-order valence-electron chi connectivity index (χ2n) is 3.01. The molecule has 0 aromatic heterocycles. The molecule has 1 aromatic rings. The number of aryl methyl sites for hydroxylation is 1. The van der Waals surface area contributed by atoms with Crippen LogP contribution in [-0.2, 0) is 0 Å². The van der Waals surface area contributed by atoms with Crippen molar-refractivity contribution in [1.82, 2.24) is 0 Å². The van der Waals surface area contributed by atoms with Crippen molar-refractivity contribution in [2.45, 2.75) is 20.3 Å². The highest BCUT2D eigenvalue weighted by atomic mass is 35.5. The summed E-state index contributed by atoms with van der Waals surface area (Å²) in [7, 11) is 0. The molecule has 0 saturated heterocycles. The van der Waals surface area contributed by atoms with Crippen LogP contribution in [0.15, 0.2) is 12.1 Å². The summed E-state index contributed by atoms with van der Waals surface area (Å²) in [6, 6.07) is 2.94. The molecular formula is C10H9ClF2O. The van der Waals surface area contributed by atoms with E-state index in [-0.39, 0.29) is 21.9 Å². The number of hydrogen-bond acceptors (Lipinski definition) is 1. The molecule has 0 radical (unpaired) electrons. The van der Waals surface area contributed by atoms with E-state index in [1.54, 1.807) is 13.0 Å². The maximum absolute atomic E-state index is 12.6. The topological polar surface area (TPSA) is 17.1 Å². The van der Waals surface area contributed by atoms with Gasteiger partial charge in [0.1, 0.15) is 0 Å². The van der Waals surface area contributed by atoms with Gasteiger partial charge in [-0.1, -0.05) is 17.7 Å². The first kappa shape index (κ1) is 11.1. The fourth-order valence-electron chi connectivity index (χ4n) is 1.38. The number of halogens is 3. The van der Waals surface area contributed by atoms with Gasteiger partial charge >= 0.3 is 0 Å². The third kappa shape index (κ3) is 1.93. The zero-order valence-electron chi connectivity index (χ0n) is 7.77. The molecule has 0 aliphatic rings. The zero-order chi connectivity index (χ0) is 10.9. The van der Waals surface area contributed by atoms with E-state index in [4.69, 9.17) is 11.6 Å². The quantitative estimate of drug-likeness (QED) is 0.691. The molecule has 0 atom stereocenters. The van der Waals surface area contributed by atoms with Gasteiger partial charge in [0.25, 0.3) is 6.43 Å². The van der Waals surface area contributed by atoms with E-state index in [2.05, 4.69) is 0 Å². The van der Waals surface area contributed by atoms with Crippen molar-refractivity contribution < 1.29 is 13.6 Å². The molecule has 1 rings (SSSR count). The average Bonchev–Trinajstić information content (AvgIpc) is 2.07. The van der Waals surface area contributed by atoms with Gasteiger partial charge in [-0.05, 0) is 25.5 Å². The lowest BCUT2D eigenvalue weighted by atomic mass is 9.99. The van der Waals surface area contributed by atoms with Crippen LogP contribution in [0.1, 0.15) is 34.8 Å². The fraction of sp³-hybridized carbons (Fsp3) is 0.300. The van der Waals surface area contributed by atoms with Crippen LogP contribution in [0, 0.1) is 6.92 Å². The molecule has 1 aromatic carbocycles. The van der Waals surface area contributed by atoms with Crippen LogP contribution in [0.3, 0.4) is 0 Å². The third-order valence-corrected chi connectivity index (χ3v) is 2.30. The number of hydrogen-bond donors (Lipinski definition) is 0. The van der Waals surface area contributed by atoms with Crippen molar-refractivity contribution in [2.75, 3.05) is 0 Å². The maximum atomic E-state index is 12.6. The molecule has 0 amide bonds. The van der Waals surface area contributed by atoms with E-state index in [1.807, 2.05) is 0 Å². The summed E-state index contributed by atoms with van der Waals surface area (Å²) in [5.41, 5.74) is 0.198. The Bertz CT molecular complexity index is 375. The molecule has 0 bridgehead atoms. The SMILES string of the molecule is CC(=O)c1c(C)ccc(Cl)c1C(F)F. The van der Waals surface area contributed by atoms with E-state index >= 15 is 0 Å². The largest absolute Gasteiger partial charge is 0.294 e. The first-order valence-electron chi connectivity index (χ1n) is 4.03. The van der Waals surface area contributed by atoms with Gasteiger partial charge in [0.05, 0.1) is 5.02 Å². The molecule has 1 nitrogen and oxygen atoms in total. The predicted octanol–water partition coefficient (Wildman–Crippen LogP) is 3.79. The number of rotatable bonds is 2. The van der Waals surface area contributed by atoms with Crippen molar-refractivity contribution in [1.29, 1.82) is 0 Å². The maximum Gasteiger partial charge on any atom is 0.265 e. The van der Waals surface area contributed by atoms with Crippen LogP contribution in [-0.4, -0.2) is 5.78 Å². The highest BCUT2D eigenvalue weighted by Crippen LogP contribution is 2.32. The Morgan fingerprint density at radius 2 is 2.00 bits per heavy atom. The highest BCUT2D eigenvalue weighted by Gasteiger charge is 2.21. The van der Waals surface area contributed by atoms with Crippen LogP contribution in [0.5, 0.6) is 0 Å². The minimum Gasteiger partial charge on any atom is -0.294 e. The fourth-order valence-corrected chi connectivity index (χ4v) is 1.62. The van der Waals surface area contributed by atoms with Gasteiger partial charge in [0.2, 0.25) is 0 Å². The van der Waals surface area contributed by atoms with Crippen molar-refractivity contribution in [3.8, 4) is 0 Å². The van der Waals surface area contributed by atoms with Crippen LogP contribution >= 0.6 is 11.6 Å². The lowest BCUT2D eigenvalue weighted by molar-refractivity contribution is 0.0998. The van der Waals surface area contributed by atoms with Crippen molar-refractivity contribution in [3.63, 3.8) is 0 Å². The Morgan fingerprint density at radius 3 is 2.36 bits per heavy atom. The summed E-state index contributed by atoms with van der Waals surface area (Å²) >= 11 is 5.61. The van der Waals surface area contributed by atoms with Gasteiger partial charge in [0, 0.05) is 11.1 Å². The Hall–Kier alpha value is -0.960. The van der Waals surface area contributed by atoms with Gasteiger partial charge in [-0.2, -0.15) is 0 Å². The molecule has 0 fully saturated rings. The molecular weight excluding hydrogens is 210 g/mol. The molecule has 14 heavy (non-hydrogen) atoms. The summed E-state index contributed by atoms with van der Waals surface area (Å²) < 4.78 is 25.2. The van der Waals surface area contributed by atoms with Crippen molar-refractivity contribution >= 4 is 17.4 Å². The van der Waals surface area contributed by atoms with Gasteiger partial charge in [-0.25, -0.2) is 8.78 Å².